The highest BCUT2D eigenvalue weighted by molar-refractivity contribution is 5.73. The number of benzene rings is 1. The summed E-state index contributed by atoms with van der Waals surface area (Å²) in [6.45, 7) is 0. The summed E-state index contributed by atoms with van der Waals surface area (Å²) in [4.78, 5) is 15.9. The van der Waals surface area contributed by atoms with Crippen LogP contribution in [0.4, 0.5) is 0 Å². The van der Waals surface area contributed by atoms with Crippen molar-refractivity contribution in [1.82, 2.24) is 19.9 Å². The summed E-state index contributed by atoms with van der Waals surface area (Å²) in [6.07, 6.45) is 4.46. The van der Waals surface area contributed by atoms with Crippen LogP contribution in [0.1, 0.15) is 29.5 Å². The maximum Gasteiger partial charge on any atom is 0.180 e. The number of fused-ring (bicyclic) bond motifs is 1. The molecule has 1 N–H and O–H groups in total. The van der Waals surface area contributed by atoms with Crippen molar-refractivity contribution in [3.8, 4) is 0 Å². The Morgan fingerprint density at radius 1 is 1.00 bits per heavy atom. The van der Waals surface area contributed by atoms with E-state index in [-0.39, 0.29) is 0 Å². The lowest BCUT2D eigenvalue weighted by atomic mass is 10.1. The maximum atomic E-state index is 4.43. The second kappa shape index (κ2) is 3.63. The molecule has 0 bridgehead atoms. The zero-order valence-corrected chi connectivity index (χ0v) is 9.74. The van der Waals surface area contributed by atoms with Crippen molar-refractivity contribution in [1.29, 1.82) is 0 Å². The fourth-order valence-electron chi connectivity index (χ4n) is 2.63. The van der Waals surface area contributed by atoms with E-state index in [9.17, 15) is 0 Å². The molecule has 0 amide bonds. The molecule has 1 aliphatic rings. The lowest BCUT2D eigenvalue weighted by molar-refractivity contribution is 0.962. The number of aromatic amines is 1. The zero-order chi connectivity index (χ0) is 11.9. The van der Waals surface area contributed by atoms with Crippen LogP contribution in [0, 0.1) is 0 Å². The minimum Gasteiger partial charge on any atom is -0.342 e. The Labute approximate surface area is 104 Å². The summed E-state index contributed by atoms with van der Waals surface area (Å²) in [5.74, 6) is 1.09. The van der Waals surface area contributed by atoms with Gasteiger partial charge < -0.3 is 4.98 Å². The molecule has 3 aromatic rings. The normalized spacial score (nSPS) is 22.2. The molecule has 0 radical (unpaired) electrons. The first kappa shape index (κ1) is 9.76. The Hall–Kier alpha value is -2.23. The molecule has 18 heavy (non-hydrogen) atoms. The Morgan fingerprint density at radius 3 is 2.78 bits per heavy atom. The number of nitrogens with one attached hydrogen (secondary N) is 1. The van der Waals surface area contributed by atoms with Crippen LogP contribution in [0.15, 0.2) is 43.0 Å². The number of H-pyrrole nitrogens is 1. The van der Waals surface area contributed by atoms with Gasteiger partial charge in [-0.15, -0.1) is 0 Å². The fourth-order valence-corrected chi connectivity index (χ4v) is 2.63. The highest BCUT2D eigenvalue weighted by atomic mass is 15.0. The smallest absolute Gasteiger partial charge is 0.180 e. The van der Waals surface area contributed by atoms with Gasteiger partial charge in [0.25, 0.3) is 0 Å². The molecule has 1 fully saturated rings. The fraction of sp³-hybridized carbons (Fsp3) is 0.214. The van der Waals surface area contributed by atoms with E-state index in [0.29, 0.717) is 11.8 Å². The quantitative estimate of drug-likeness (QED) is 0.744. The van der Waals surface area contributed by atoms with E-state index in [1.54, 1.807) is 12.7 Å². The number of imidazole rings is 1. The van der Waals surface area contributed by atoms with E-state index in [0.717, 1.165) is 23.3 Å². The molecule has 2 atom stereocenters. The van der Waals surface area contributed by atoms with Crippen LogP contribution in [0.2, 0.25) is 0 Å². The van der Waals surface area contributed by atoms with Crippen LogP contribution in [0.3, 0.4) is 0 Å². The third kappa shape index (κ3) is 1.42. The molecule has 0 saturated heterocycles. The monoisotopic (exact) mass is 236 g/mol. The van der Waals surface area contributed by atoms with E-state index in [1.165, 1.54) is 5.56 Å². The van der Waals surface area contributed by atoms with E-state index in [2.05, 4.69) is 50.3 Å². The molecular formula is C14H12N4. The second-order valence-electron chi connectivity index (χ2n) is 4.72. The Balaban J connectivity index is 1.72. The lowest BCUT2D eigenvalue weighted by Gasteiger charge is -2.01. The molecule has 1 aromatic carbocycles. The molecule has 88 valence electrons. The number of nitrogens with zero attached hydrogens (tertiary/aromatic N) is 3. The average molecular weight is 236 g/mol. The van der Waals surface area contributed by atoms with Crippen LogP contribution in [0.25, 0.3) is 11.2 Å². The largest absolute Gasteiger partial charge is 0.342 e. The average Bonchev–Trinajstić information content (AvgIpc) is 3.08. The predicted molar refractivity (Wildman–Crippen MR) is 68.2 cm³/mol. The minimum absolute atomic E-state index is 0.498. The third-order valence-corrected chi connectivity index (χ3v) is 3.62. The lowest BCUT2D eigenvalue weighted by Crippen LogP contribution is -1.92. The first-order valence-electron chi connectivity index (χ1n) is 6.12. The summed E-state index contributed by atoms with van der Waals surface area (Å²) in [7, 11) is 0. The maximum absolute atomic E-state index is 4.43. The van der Waals surface area contributed by atoms with E-state index in [1.807, 2.05) is 0 Å². The number of rotatable bonds is 2. The highest BCUT2D eigenvalue weighted by Gasteiger charge is 2.41. The topological polar surface area (TPSA) is 54.5 Å². The number of hydrogen-bond acceptors (Lipinski definition) is 3. The van der Waals surface area contributed by atoms with Crippen LogP contribution in [-0.2, 0) is 0 Å². The first-order chi connectivity index (χ1) is 8.93. The Kier molecular flexibility index (Phi) is 1.97. The summed E-state index contributed by atoms with van der Waals surface area (Å²) in [5, 5.41) is 0. The molecule has 4 rings (SSSR count). The van der Waals surface area contributed by atoms with Crippen LogP contribution >= 0.6 is 0 Å². The highest BCUT2D eigenvalue weighted by Crippen LogP contribution is 2.54. The Bertz CT molecular complexity index is 689. The van der Waals surface area contributed by atoms with Crippen molar-refractivity contribution in [2.24, 2.45) is 0 Å². The summed E-state index contributed by atoms with van der Waals surface area (Å²) < 4.78 is 0. The summed E-state index contributed by atoms with van der Waals surface area (Å²) in [6, 6.07) is 10.6. The van der Waals surface area contributed by atoms with Gasteiger partial charge in [-0.2, -0.15) is 0 Å². The number of hydrogen-bond donors (Lipinski definition) is 1. The van der Waals surface area contributed by atoms with E-state index < -0.39 is 0 Å². The van der Waals surface area contributed by atoms with Gasteiger partial charge in [-0.3, -0.25) is 0 Å². The predicted octanol–water partition coefficient (Wildman–Crippen LogP) is 2.62. The van der Waals surface area contributed by atoms with Gasteiger partial charge in [-0.25, -0.2) is 15.0 Å². The minimum atomic E-state index is 0.498. The molecule has 2 aromatic heterocycles. The van der Waals surface area contributed by atoms with Crippen LogP contribution in [0.5, 0.6) is 0 Å². The summed E-state index contributed by atoms with van der Waals surface area (Å²) in [5.41, 5.74) is 4.25. The van der Waals surface area contributed by atoms with Gasteiger partial charge in [0.1, 0.15) is 11.8 Å². The molecule has 4 nitrogen and oxygen atoms in total. The first-order valence-corrected chi connectivity index (χ1v) is 6.12. The van der Waals surface area contributed by atoms with Crippen molar-refractivity contribution in [2.45, 2.75) is 18.3 Å². The van der Waals surface area contributed by atoms with Crippen molar-refractivity contribution in [3.05, 3.63) is 54.2 Å². The third-order valence-electron chi connectivity index (χ3n) is 3.62. The molecular weight excluding hydrogens is 224 g/mol. The van der Waals surface area contributed by atoms with E-state index >= 15 is 0 Å². The van der Waals surface area contributed by atoms with Crippen molar-refractivity contribution >= 4 is 11.2 Å². The molecule has 0 unspecified atom stereocenters. The molecule has 1 saturated carbocycles. The van der Waals surface area contributed by atoms with Gasteiger partial charge in [0, 0.05) is 5.92 Å². The SMILES string of the molecule is c1ccc([C@@H]2C[C@H]2c2ncnc3nc[nH]c23)cc1. The molecule has 0 aliphatic heterocycles. The molecule has 4 heteroatoms. The van der Waals surface area contributed by atoms with Gasteiger partial charge in [0.05, 0.1) is 12.0 Å². The van der Waals surface area contributed by atoms with Gasteiger partial charge in [0.2, 0.25) is 0 Å². The Morgan fingerprint density at radius 2 is 1.89 bits per heavy atom. The zero-order valence-electron chi connectivity index (χ0n) is 9.74. The van der Waals surface area contributed by atoms with Crippen LogP contribution in [-0.4, -0.2) is 19.9 Å². The summed E-state index contributed by atoms with van der Waals surface area (Å²) >= 11 is 0. The van der Waals surface area contributed by atoms with E-state index in [4.69, 9.17) is 0 Å². The van der Waals surface area contributed by atoms with Gasteiger partial charge in [-0.05, 0) is 17.9 Å². The molecule has 1 aliphatic carbocycles. The van der Waals surface area contributed by atoms with Crippen molar-refractivity contribution in [2.75, 3.05) is 0 Å². The molecule has 0 spiro atoms. The van der Waals surface area contributed by atoms with Crippen molar-refractivity contribution in [3.63, 3.8) is 0 Å². The molecule has 2 heterocycles. The second-order valence-corrected chi connectivity index (χ2v) is 4.72. The standard InChI is InChI=1S/C14H12N4/c1-2-4-9(5-3-1)10-6-11(10)12-13-14(17-7-15-12)18-8-16-13/h1-5,7-8,10-11H,6H2,(H,15,16,17,18)/t10-,11+/m0/s1. The number of aromatic nitrogens is 4. The van der Waals surface area contributed by atoms with Gasteiger partial charge >= 0.3 is 0 Å². The van der Waals surface area contributed by atoms with Crippen LogP contribution < -0.4 is 0 Å². The van der Waals surface area contributed by atoms with Crippen molar-refractivity contribution < 1.29 is 0 Å². The van der Waals surface area contributed by atoms with Gasteiger partial charge in [0.15, 0.2) is 5.65 Å². The van der Waals surface area contributed by atoms with Gasteiger partial charge in [-0.1, -0.05) is 30.3 Å².